The number of hydrogen-bond acceptors (Lipinski definition) is 5. The molecule has 0 aliphatic carbocycles. The number of imidazole rings is 1. The molecule has 6 rings (SSSR count). The molecule has 0 saturated carbocycles. The van der Waals surface area contributed by atoms with Crippen LogP contribution in [-0.4, -0.2) is 40.9 Å². The molecule has 0 amide bonds. The third kappa shape index (κ3) is 3.47. The highest BCUT2D eigenvalue weighted by Gasteiger charge is 2.37. The second kappa shape index (κ2) is 7.91. The summed E-state index contributed by atoms with van der Waals surface area (Å²) < 4.78 is 48.0. The average molecular weight is 453 g/mol. The van der Waals surface area contributed by atoms with Gasteiger partial charge in [-0.3, -0.25) is 0 Å². The number of halogens is 3. The van der Waals surface area contributed by atoms with Crippen LogP contribution in [0.4, 0.5) is 24.7 Å². The number of fused-ring (bicyclic) bond motifs is 4. The quantitative estimate of drug-likeness (QED) is 0.477. The van der Waals surface area contributed by atoms with E-state index in [9.17, 15) is 13.2 Å². The van der Waals surface area contributed by atoms with Crippen molar-refractivity contribution in [1.82, 2.24) is 14.6 Å². The minimum absolute atomic E-state index is 0.0319. The zero-order valence-corrected chi connectivity index (χ0v) is 17.7. The van der Waals surface area contributed by atoms with E-state index in [1.54, 1.807) is 16.9 Å². The number of ether oxygens (including phenoxy) is 1. The van der Waals surface area contributed by atoms with Crippen LogP contribution in [0.3, 0.4) is 0 Å². The monoisotopic (exact) mass is 453 g/mol. The number of alkyl halides is 2. The van der Waals surface area contributed by atoms with Crippen LogP contribution in [0, 0.1) is 17.7 Å². The molecule has 2 atom stereocenters. The molecular weight excluding hydrogens is 431 g/mol. The lowest BCUT2D eigenvalue weighted by molar-refractivity contribution is 0.146. The summed E-state index contributed by atoms with van der Waals surface area (Å²) in [6, 6.07) is 10.3. The molecule has 2 aromatic carbocycles. The van der Waals surface area contributed by atoms with Crippen LogP contribution in [0.5, 0.6) is 0 Å². The first-order valence-electron chi connectivity index (χ1n) is 11.0. The smallest absolute Gasteiger partial charge is 0.266 e. The van der Waals surface area contributed by atoms with Crippen LogP contribution in [0.25, 0.3) is 16.4 Å². The van der Waals surface area contributed by atoms with Crippen molar-refractivity contribution in [3.05, 3.63) is 65.7 Å². The predicted molar refractivity (Wildman–Crippen MR) is 119 cm³/mol. The number of nitrogens with zero attached hydrogens (tertiary/aromatic N) is 4. The van der Waals surface area contributed by atoms with E-state index >= 15 is 0 Å². The Balaban J connectivity index is 1.37. The fourth-order valence-corrected chi connectivity index (χ4v) is 4.96. The van der Waals surface area contributed by atoms with E-state index in [1.807, 2.05) is 6.07 Å². The Labute approximate surface area is 188 Å². The number of aromatic nitrogens is 3. The Hall–Kier alpha value is -3.33. The lowest BCUT2D eigenvalue weighted by Gasteiger charge is -2.21. The maximum atomic E-state index is 14.6. The van der Waals surface area contributed by atoms with Crippen molar-refractivity contribution >= 4 is 27.9 Å². The summed E-state index contributed by atoms with van der Waals surface area (Å²) in [4.78, 5) is 6.79. The molecule has 2 saturated heterocycles. The average Bonchev–Trinajstić information content (AvgIpc) is 3.54. The molecule has 0 radical (unpaired) electrons. The Morgan fingerprint density at radius 1 is 1.09 bits per heavy atom. The molecule has 4 aromatic rings. The number of nitrogens with one attached hydrogen (secondary N) is 1. The summed E-state index contributed by atoms with van der Waals surface area (Å²) >= 11 is 0. The van der Waals surface area contributed by atoms with Crippen LogP contribution in [0.2, 0.25) is 0 Å². The van der Waals surface area contributed by atoms with Crippen molar-refractivity contribution in [1.29, 1.82) is 0 Å². The topological polar surface area (TPSA) is 54.7 Å². The maximum Gasteiger partial charge on any atom is 0.266 e. The zero-order valence-electron chi connectivity index (χ0n) is 17.7. The highest BCUT2D eigenvalue weighted by Crippen LogP contribution is 2.35. The third-order valence-electron chi connectivity index (χ3n) is 6.72. The van der Waals surface area contributed by atoms with Crippen molar-refractivity contribution in [3.63, 3.8) is 0 Å². The summed E-state index contributed by atoms with van der Waals surface area (Å²) in [6.45, 7) is 3.54. The molecule has 2 unspecified atom stereocenters. The highest BCUT2D eigenvalue weighted by molar-refractivity contribution is 6.01. The second-order valence-electron chi connectivity index (χ2n) is 8.71. The van der Waals surface area contributed by atoms with E-state index in [2.05, 4.69) is 32.4 Å². The SMILES string of the molecule is Fc1c(CNc2nn3ccnc3c3ccc(N4CC5COCC5C4)cc23)cccc1C(F)F. The van der Waals surface area contributed by atoms with E-state index in [0.29, 0.717) is 17.7 Å². The summed E-state index contributed by atoms with van der Waals surface area (Å²) in [5, 5.41) is 9.55. The second-order valence-corrected chi connectivity index (χ2v) is 8.71. The van der Waals surface area contributed by atoms with Gasteiger partial charge in [-0.1, -0.05) is 18.2 Å². The minimum atomic E-state index is -2.86. The largest absolute Gasteiger partial charge is 0.381 e. The van der Waals surface area contributed by atoms with E-state index in [1.165, 1.54) is 12.1 Å². The highest BCUT2D eigenvalue weighted by atomic mass is 19.3. The molecule has 2 fully saturated rings. The van der Waals surface area contributed by atoms with Gasteiger partial charge < -0.3 is 15.0 Å². The molecule has 4 heterocycles. The summed E-state index contributed by atoms with van der Waals surface area (Å²) in [5.41, 5.74) is 1.38. The number of benzene rings is 2. The molecule has 6 nitrogen and oxygen atoms in total. The predicted octanol–water partition coefficient (Wildman–Crippen LogP) is 4.65. The van der Waals surface area contributed by atoms with Crippen molar-refractivity contribution in [3.8, 4) is 0 Å². The van der Waals surface area contributed by atoms with E-state index in [-0.39, 0.29) is 12.1 Å². The zero-order chi connectivity index (χ0) is 22.5. The van der Waals surface area contributed by atoms with Gasteiger partial charge in [0.2, 0.25) is 0 Å². The van der Waals surface area contributed by atoms with Gasteiger partial charge in [-0.25, -0.2) is 22.7 Å². The van der Waals surface area contributed by atoms with Gasteiger partial charge in [0.05, 0.1) is 18.8 Å². The van der Waals surface area contributed by atoms with Crippen molar-refractivity contribution in [2.24, 2.45) is 11.8 Å². The Bertz CT molecular complexity index is 1330. The first-order valence-corrected chi connectivity index (χ1v) is 11.0. The molecule has 1 N–H and O–H groups in total. The van der Waals surface area contributed by atoms with E-state index in [0.717, 1.165) is 54.5 Å². The Morgan fingerprint density at radius 2 is 1.91 bits per heavy atom. The normalized spacial score (nSPS) is 20.3. The summed E-state index contributed by atoms with van der Waals surface area (Å²) in [5.74, 6) is 0.758. The number of anilines is 2. The molecule has 0 spiro atoms. The fourth-order valence-electron chi connectivity index (χ4n) is 4.96. The molecule has 2 aliphatic rings. The minimum Gasteiger partial charge on any atom is -0.381 e. The van der Waals surface area contributed by atoms with Gasteiger partial charge >= 0.3 is 0 Å². The molecule has 2 aliphatic heterocycles. The Morgan fingerprint density at radius 3 is 2.70 bits per heavy atom. The fraction of sp³-hybridized carbons (Fsp3) is 0.333. The summed E-state index contributed by atoms with van der Waals surface area (Å²) in [7, 11) is 0. The van der Waals surface area contributed by atoms with Crippen LogP contribution in [-0.2, 0) is 11.3 Å². The number of hydrogen-bond donors (Lipinski definition) is 1. The van der Waals surface area contributed by atoms with Crippen LogP contribution >= 0.6 is 0 Å². The lowest BCUT2D eigenvalue weighted by Crippen LogP contribution is -2.22. The molecule has 2 aromatic heterocycles. The van der Waals surface area contributed by atoms with Gasteiger partial charge in [0.1, 0.15) is 5.82 Å². The van der Waals surface area contributed by atoms with Crippen LogP contribution in [0.1, 0.15) is 17.6 Å². The van der Waals surface area contributed by atoms with Gasteiger partial charge in [0, 0.05) is 65.9 Å². The van der Waals surface area contributed by atoms with E-state index < -0.39 is 17.8 Å². The van der Waals surface area contributed by atoms with Crippen molar-refractivity contribution < 1.29 is 17.9 Å². The molecular formula is C24H22F3N5O. The number of rotatable bonds is 5. The molecule has 170 valence electrons. The Kier molecular flexibility index (Phi) is 4.86. The molecule has 9 heteroatoms. The lowest BCUT2D eigenvalue weighted by atomic mass is 10.0. The van der Waals surface area contributed by atoms with Crippen LogP contribution < -0.4 is 10.2 Å². The standard InChI is InChI=1S/C24H22F3N5O/c25-21-14(2-1-3-19(21)22(26)27)9-29-23-20-8-17(31-10-15-12-33-13-16(15)11-31)4-5-18(20)24-28-6-7-32(24)30-23/h1-8,15-16,22H,9-13H2,(H,29,30). The first kappa shape index (κ1) is 20.3. The third-order valence-corrected chi connectivity index (χ3v) is 6.72. The van der Waals surface area contributed by atoms with Crippen molar-refractivity contribution in [2.45, 2.75) is 13.0 Å². The van der Waals surface area contributed by atoms with Crippen LogP contribution in [0.15, 0.2) is 48.8 Å². The first-order chi connectivity index (χ1) is 16.1. The molecule has 0 bridgehead atoms. The van der Waals surface area contributed by atoms with Gasteiger partial charge in [-0.15, -0.1) is 5.10 Å². The van der Waals surface area contributed by atoms with Gasteiger partial charge in [0.15, 0.2) is 11.5 Å². The van der Waals surface area contributed by atoms with Gasteiger partial charge in [-0.2, -0.15) is 0 Å². The summed E-state index contributed by atoms with van der Waals surface area (Å²) in [6.07, 6.45) is 0.555. The maximum absolute atomic E-state index is 14.6. The van der Waals surface area contributed by atoms with E-state index in [4.69, 9.17) is 4.74 Å². The van der Waals surface area contributed by atoms with Crippen molar-refractivity contribution in [2.75, 3.05) is 36.5 Å². The van der Waals surface area contributed by atoms with Gasteiger partial charge in [-0.05, 0) is 18.2 Å². The molecule has 33 heavy (non-hydrogen) atoms. The van der Waals surface area contributed by atoms with Gasteiger partial charge in [0.25, 0.3) is 6.43 Å².